The second-order valence-electron chi connectivity index (χ2n) is 4.37. The first-order valence-electron chi connectivity index (χ1n) is 6.71. The molecule has 0 aliphatic carbocycles. The van der Waals surface area contributed by atoms with Gasteiger partial charge in [-0.25, -0.2) is 9.97 Å². The maximum atomic E-state index is 5.46. The van der Waals surface area contributed by atoms with E-state index in [0.717, 1.165) is 18.0 Å². The molecule has 0 saturated heterocycles. The summed E-state index contributed by atoms with van der Waals surface area (Å²) in [6.07, 6.45) is 1.52. The molecule has 21 heavy (non-hydrogen) atoms. The number of aromatic nitrogens is 2. The summed E-state index contributed by atoms with van der Waals surface area (Å²) >= 11 is 0. The molecular formula is C15H20N4O2. The van der Waals surface area contributed by atoms with E-state index in [4.69, 9.17) is 9.47 Å². The van der Waals surface area contributed by atoms with Gasteiger partial charge in [-0.05, 0) is 31.2 Å². The van der Waals surface area contributed by atoms with E-state index >= 15 is 0 Å². The van der Waals surface area contributed by atoms with Crippen molar-refractivity contribution in [3.05, 3.63) is 30.6 Å². The van der Waals surface area contributed by atoms with Crippen molar-refractivity contribution in [1.29, 1.82) is 0 Å². The molecule has 1 heterocycles. The zero-order chi connectivity index (χ0) is 15.2. The average Bonchev–Trinajstić information content (AvgIpc) is 2.54. The molecular weight excluding hydrogens is 268 g/mol. The zero-order valence-corrected chi connectivity index (χ0v) is 12.8. The van der Waals surface area contributed by atoms with Gasteiger partial charge in [0.15, 0.2) is 11.6 Å². The standard InChI is InChI=1S/C15H20N4O2/c1-5-16-14-13(21-4)15(18-10-17-14)19(2)11-6-8-12(20-3)9-7-11/h6-10H,5H2,1-4H3,(H,16,17,18). The Bertz CT molecular complexity index is 587. The monoisotopic (exact) mass is 288 g/mol. The maximum absolute atomic E-state index is 5.46. The van der Waals surface area contributed by atoms with Crippen LogP contribution in [0.2, 0.25) is 0 Å². The second-order valence-corrected chi connectivity index (χ2v) is 4.37. The molecule has 2 rings (SSSR count). The number of rotatable bonds is 6. The van der Waals surface area contributed by atoms with E-state index < -0.39 is 0 Å². The molecule has 6 nitrogen and oxygen atoms in total. The lowest BCUT2D eigenvalue weighted by Gasteiger charge is -2.21. The Morgan fingerprint density at radius 3 is 2.38 bits per heavy atom. The van der Waals surface area contributed by atoms with Crippen molar-refractivity contribution < 1.29 is 9.47 Å². The summed E-state index contributed by atoms with van der Waals surface area (Å²) in [6.45, 7) is 2.77. The van der Waals surface area contributed by atoms with E-state index in [1.807, 2.05) is 43.1 Å². The normalized spacial score (nSPS) is 10.1. The molecule has 1 aromatic carbocycles. The van der Waals surface area contributed by atoms with Crippen LogP contribution >= 0.6 is 0 Å². The molecule has 112 valence electrons. The molecule has 0 amide bonds. The van der Waals surface area contributed by atoms with Gasteiger partial charge in [0, 0.05) is 19.3 Å². The van der Waals surface area contributed by atoms with Crippen LogP contribution in [0, 0.1) is 0 Å². The van der Waals surface area contributed by atoms with Crippen molar-refractivity contribution >= 4 is 17.3 Å². The quantitative estimate of drug-likeness (QED) is 0.882. The molecule has 0 aliphatic rings. The van der Waals surface area contributed by atoms with E-state index in [-0.39, 0.29) is 0 Å². The maximum Gasteiger partial charge on any atom is 0.204 e. The molecule has 0 aliphatic heterocycles. The van der Waals surface area contributed by atoms with Gasteiger partial charge in [-0.15, -0.1) is 0 Å². The molecule has 2 aromatic rings. The summed E-state index contributed by atoms with van der Waals surface area (Å²) in [7, 11) is 5.20. The van der Waals surface area contributed by atoms with Crippen LogP contribution in [0.4, 0.5) is 17.3 Å². The number of nitrogens with one attached hydrogen (secondary N) is 1. The number of ether oxygens (including phenoxy) is 2. The number of benzene rings is 1. The van der Waals surface area contributed by atoms with Gasteiger partial charge >= 0.3 is 0 Å². The minimum absolute atomic E-state index is 0.623. The summed E-state index contributed by atoms with van der Waals surface area (Å²) in [4.78, 5) is 10.5. The Kier molecular flexibility index (Phi) is 4.81. The van der Waals surface area contributed by atoms with Gasteiger partial charge in [0.25, 0.3) is 0 Å². The molecule has 1 aromatic heterocycles. The molecule has 0 unspecified atom stereocenters. The van der Waals surface area contributed by atoms with Crippen molar-refractivity contribution in [2.24, 2.45) is 0 Å². The summed E-state index contributed by atoms with van der Waals surface area (Å²) < 4.78 is 10.6. The van der Waals surface area contributed by atoms with E-state index in [1.54, 1.807) is 14.2 Å². The molecule has 0 atom stereocenters. The highest BCUT2D eigenvalue weighted by atomic mass is 16.5. The van der Waals surface area contributed by atoms with Crippen molar-refractivity contribution in [1.82, 2.24) is 9.97 Å². The van der Waals surface area contributed by atoms with Gasteiger partial charge in [0.1, 0.15) is 12.1 Å². The van der Waals surface area contributed by atoms with Crippen LogP contribution in [0.5, 0.6) is 11.5 Å². The third-order valence-electron chi connectivity index (χ3n) is 3.11. The molecule has 0 saturated carbocycles. The predicted molar refractivity (Wildman–Crippen MR) is 83.8 cm³/mol. The summed E-state index contributed by atoms with van der Waals surface area (Å²) in [6, 6.07) is 7.75. The fraction of sp³-hybridized carbons (Fsp3) is 0.333. The fourth-order valence-corrected chi connectivity index (χ4v) is 2.01. The SMILES string of the molecule is CCNc1ncnc(N(C)c2ccc(OC)cc2)c1OC. The highest BCUT2D eigenvalue weighted by Gasteiger charge is 2.16. The van der Waals surface area contributed by atoms with Crippen molar-refractivity contribution in [2.75, 3.05) is 38.0 Å². The largest absolute Gasteiger partial charge is 0.497 e. The van der Waals surface area contributed by atoms with Gasteiger partial charge in [0.05, 0.1) is 14.2 Å². The van der Waals surface area contributed by atoms with E-state index in [9.17, 15) is 0 Å². The average molecular weight is 288 g/mol. The van der Waals surface area contributed by atoms with Gasteiger partial charge < -0.3 is 19.7 Å². The van der Waals surface area contributed by atoms with Gasteiger partial charge in [-0.3, -0.25) is 0 Å². The van der Waals surface area contributed by atoms with Crippen LogP contribution in [-0.4, -0.2) is 37.8 Å². The lowest BCUT2D eigenvalue weighted by atomic mass is 10.2. The fourth-order valence-electron chi connectivity index (χ4n) is 2.01. The minimum atomic E-state index is 0.623. The molecule has 1 N–H and O–H groups in total. The Morgan fingerprint density at radius 2 is 1.81 bits per heavy atom. The van der Waals surface area contributed by atoms with Crippen molar-refractivity contribution in [3.8, 4) is 11.5 Å². The van der Waals surface area contributed by atoms with Gasteiger partial charge in [0.2, 0.25) is 5.75 Å². The van der Waals surface area contributed by atoms with E-state index in [1.165, 1.54) is 6.33 Å². The second kappa shape index (κ2) is 6.78. The molecule has 6 heteroatoms. The number of hydrogen-bond donors (Lipinski definition) is 1. The highest BCUT2D eigenvalue weighted by molar-refractivity contribution is 5.71. The summed E-state index contributed by atoms with van der Waals surface area (Å²) in [5.74, 6) is 2.83. The van der Waals surface area contributed by atoms with Crippen molar-refractivity contribution in [3.63, 3.8) is 0 Å². The Hall–Kier alpha value is -2.50. The first-order valence-corrected chi connectivity index (χ1v) is 6.71. The van der Waals surface area contributed by atoms with Crippen molar-refractivity contribution in [2.45, 2.75) is 6.92 Å². The van der Waals surface area contributed by atoms with Crippen LogP contribution in [0.25, 0.3) is 0 Å². The summed E-state index contributed by atoms with van der Waals surface area (Å²) in [5, 5.41) is 3.17. The van der Waals surface area contributed by atoms with Crippen LogP contribution in [0.3, 0.4) is 0 Å². The summed E-state index contributed by atoms with van der Waals surface area (Å²) in [5.41, 5.74) is 0.982. The van der Waals surface area contributed by atoms with E-state index in [2.05, 4.69) is 15.3 Å². The lowest BCUT2D eigenvalue weighted by Crippen LogP contribution is -2.14. The van der Waals surface area contributed by atoms with Crippen LogP contribution in [-0.2, 0) is 0 Å². The first kappa shape index (κ1) is 14.9. The molecule has 0 radical (unpaired) electrons. The van der Waals surface area contributed by atoms with Gasteiger partial charge in [-0.1, -0.05) is 0 Å². The lowest BCUT2D eigenvalue weighted by molar-refractivity contribution is 0.413. The number of methoxy groups -OCH3 is 2. The third-order valence-corrected chi connectivity index (χ3v) is 3.11. The van der Waals surface area contributed by atoms with E-state index in [0.29, 0.717) is 17.4 Å². The predicted octanol–water partition coefficient (Wildman–Crippen LogP) is 2.69. The Balaban J connectivity index is 2.37. The minimum Gasteiger partial charge on any atom is -0.497 e. The third kappa shape index (κ3) is 3.16. The van der Waals surface area contributed by atoms with Crippen LogP contribution in [0.1, 0.15) is 6.92 Å². The number of nitrogens with zero attached hydrogens (tertiary/aromatic N) is 3. The Labute approximate surface area is 124 Å². The number of hydrogen-bond acceptors (Lipinski definition) is 6. The van der Waals surface area contributed by atoms with Crippen LogP contribution in [0.15, 0.2) is 30.6 Å². The topological polar surface area (TPSA) is 59.5 Å². The zero-order valence-electron chi connectivity index (χ0n) is 12.8. The van der Waals surface area contributed by atoms with Gasteiger partial charge in [-0.2, -0.15) is 0 Å². The molecule has 0 bridgehead atoms. The first-order chi connectivity index (χ1) is 10.2. The molecule has 0 fully saturated rings. The number of anilines is 3. The van der Waals surface area contributed by atoms with Crippen LogP contribution < -0.4 is 19.7 Å². The highest BCUT2D eigenvalue weighted by Crippen LogP contribution is 2.35. The smallest absolute Gasteiger partial charge is 0.204 e. The molecule has 0 spiro atoms. The Morgan fingerprint density at radius 1 is 1.10 bits per heavy atom.